The first-order chi connectivity index (χ1) is 9.61. The summed E-state index contributed by atoms with van der Waals surface area (Å²) in [7, 11) is 0. The van der Waals surface area contributed by atoms with Gasteiger partial charge in [-0.05, 0) is 51.8 Å². The van der Waals surface area contributed by atoms with Crippen LogP contribution in [-0.4, -0.2) is 9.97 Å². The van der Waals surface area contributed by atoms with Crippen LogP contribution in [0.2, 0.25) is 0 Å². The molecule has 2 aromatic carbocycles. The Kier molecular flexibility index (Phi) is 3.76. The zero-order chi connectivity index (χ0) is 14.1. The number of hydrogen-bond donors (Lipinski definition) is 2. The van der Waals surface area contributed by atoms with Crippen LogP contribution in [0.25, 0.3) is 11.0 Å². The maximum absolute atomic E-state index is 13.1. The minimum absolute atomic E-state index is 0.262. The number of imidazole rings is 1. The van der Waals surface area contributed by atoms with Gasteiger partial charge in [-0.2, -0.15) is 0 Å². The molecule has 0 atom stereocenters. The SMILES string of the molecule is Fc1ccc(CNc2nc3ccc(Br)cc3[nH]2)cc1Br. The van der Waals surface area contributed by atoms with Crippen LogP contribution < -0.4 is 5.32 Å². The van der Waals surface area contributed by atoms with Crippen molar-refractivity contribution >= 4 is 48.8 Å². The molecule has 0 unspecified atom stereocenters. The molecule has 3 rings (SSSR count). The summed E-state index contributed by atoms with van der Waals surface area (Å²) in [6, 6.07) is 10.8. The van der Waals surface area contributed by atoms with Crippen molar-refractivity contribution in [3.05, 3.63) is 56.7 Å². The number of anilines is 1. The summed E-state index contributed by atoms with van der Waals surface area (Å²) in [5.41, 5.74) is 2.83. The van der Waals surface area contributed by atoms with Gasteiger partial charge in [-0.3, -0.25) is 0 Å². The van der Waals surface area contributed by atoms with Crippen molar-refractivity contribution < 1.29 is 4.39 Å². The maximum Gasteiger partial charge on any atom is 0.201 e. The van der Waals surface area contributed by atoms with Gasteiger partial charge in [0, 0.05) is 11.0 Å². The molecule has 0 bridgehead atoms. The van der Waals surface area contributed by atoms with E-state index in [2.05, 4.69) is 47.1 Å². The van der Waals surface area contributed by atoms with Gasteiger partial charge in [-0.15, -0.1) is 0 Å². The smallest absolute Gasteiger partial charge is 0.201 e. The molecule has 0 saturated heterocycles. The zero-order valence-corrected chi connectivity index (χ0v) is 13.4. The number of nitrogens with zero attached hydrogens (tertiary/aromatic N) is 1. The Hall–Kier alpha value is -1.40. The molecule has 0 aliphatic rings. The second-order valence-electron chi connectivity index (χ2n) is 4.35. The summed E-state index contributed by atoms with van der Waals surface area (Å²) in [5.74, 6) is 0.431. The van der Waals surface area contributed by atoms with Crippen molar-refractivity contribution in [3.8, 4) is 0 Å². The van der Waals surface area contributed by atoms with E-state index in [9.17, 15) is 4.39 Å². The number of H-pyrrole nitrogens is 1. The van der Waals surface area contributed by atoms with E-state index in [-0.39, 0.29) is 5.82 Å². The molecule has 102 valence electrons. The molecule has 0 saturated carbocycles. The highest BCUT2D eigenvalue weighted by Crippen LogP contribution is 2.20. The minimum Gasteiger partial charge on any atom is -0.352 e. The topological polar surface area (TPSA) is 40.7 Å². The number of benzene rings is 2. The van der Waals surface area contributed by atoms with Gasteiger partial charge in [-0.25, -0.2) is 9.37 Å². The molecule has 6 heteroatoms. The average Bonchev–Trinajstić information content (AvgIpc) is 2.82. The zero-order valence-electron chi connectivity index (χ0n) is 10.3. The number of aromatic nitrogens is 2. The monoisotopic (exact) mass is 397 g/mol. The third-order valence-electron chi connectivity index (χ3n) is 2.89. The lowest BCUT2D eigenvalue weighted by Crippen LogP contribution is -2.01. The molecule has 20 heavy (non-hydrogen) atoms. The molecule has 3 nitrogen and oxygen atoms in total. The van der Waals surface area contributed by atoms with Crippen molar-refractivity contribution in [1.29, 1.82) is 0 Å². The minimum atomic E-state index is -0.262. The number of aromatic amines is 1. The van der Waals surface area contributed by atoms with E-state index >= 15 is 0 Å². The van der Waals surface area contributed by atoms with Crippen molar-refractivity contribution in [2.24, 2.45) is 0 Å². The molecule has 1 aromatic heterocycles. The van der Waals surface area contributed by atoms with Crippen molar-refractivity contribution in [3.63, 3.8) is 0 Å². The lowest BCUT2D eigenvalue weighted by atomic mass is 10.2. The Morgan fingerprint density at radius 3 is 2.80 bits per heavy atom. The summed E-state index contributed by atoms with van der Waals surface area (Å²) >= 11 is 6.60. The van der Waals surface area contributed by atoms with Gasteiger partial charge in [0.2, 0.25) is 5.95 Å². The summed E-state index contributed by atoms with van der Waals surface area (Å²) in [6.45, 7) is 0.569. The lowest BCUT2D eigenvalue weighted by molar-refractivity contribution is 0.620. The van der Waals surface area contributed by atoms with E-state index in [0.29, 0.717) is 17.0 Å². The van der Waals surface area contributed by atoms with Crippen LogP contribution in [0, 0.1) is 5.82 Å². The fourth-order valence-corrected chi connectivity index (χ4v) is 2.69. The predicted molar refractivity (Wildman–Crippen MR) is 85.2 cm³/mol. The number of halogens is 3. The van der Waals surface area contributed by atoms with Crippen LogP contribution >= 0.6 is 31.9 Å². The Morgan fingerprint density at radius 2 is 2.00 bits per heavy atom. The first kappa shape index (κ1) is 13.6. The summed E-state index contributed by atoms with van der Waals surface area (Å²) < 4.78 is 14.6. The third kappa shape index (κ3) is 2.86. The van der Waals surface area contributed by atoms with E-state index in [1.807, 2.05) is 18.2 Å². The van der Waals surface area contributed by atoms with Gasteiger partial charge in [0.15, 0.2) is 0 Å². The number of nitrogens with one attached hydrogen (secondary N) is 2. The van der Waals surface area contributed by atoms with Crippen LogP contribution in [0.15, 0.2) is 45.3 Å². The Labute approximate surface area is 131 Å². The molecule has 3 aromatic rings. The summed E-state index contributed by atoms with van der Waals surface area (Å²) in [5, 5.41) is 3.19. The van der Waals surface area contributed by atoms with Gasteiger partial charge < -0.3 is 10.3 Å². The standard InChI is InChI=1S/C14H10Br2FN3/c15-9-2-4-12-13(6-9)20-14(19-12)18-7-8-1-3-11(17)10(16)5-8/h1-6H,7H2,(H2,18,19,20). The summed E-state index contributed by atoms with van der Waals surface area (Å²) in [6.07, 6.45) is 0. The van der Waals surface area contributed by atoms with Gasteiger partial charge in [0.05, 0.1) is 15.5 Å². The second-order valence-corrected chi connectivity index (χ2v) is 6.12. The van der Waals surface area contributed by atoms with Crippen molar-refractivity contribution in [2.45, 2.75) is 6.54 Å². The van der Waals surface area contributed by atoms with E-state index < -0.39 is 0 Å². The van der Waals surface area contributed by atoms with Crippen LogP contribution in [0.1, 0.15) is 5.56 Å². The molecule has 0 aliphatic carbocycles. The fourth-order valence-electron chi connectivity index (χ4n) is 1.90. The largest absolute Gasteiger partial charge is 0.352 e. The molecule has 0 radical (unpaired) electrons. The summed E-state index contributed by atoms with van der Waals surface area (Å²) in [4.78, 5) is 7.63. The van der Waals surface area contributed by atoms with Crippen LogP contribution in [0.4, 0.5) is 10.3 Å². The number of hydrogen-bond acceptors (Lipinski definition) is 2. The number of rotatable bonds is 3. The van der Waals surface area contributed by atoms with Gasteiger partial charge in [0.25, 0.3) is 0 Å². The normalized spacial score (nSPS) is 10.9. The van der Waals surface area contributed by atoms with Crippen molar-refractivity contribution in [2.75, 3.05) is 5.32 Å². The molecule has 0 amide bonds. The average molecular weight is 399 g/mol. The molecular formula is C14H10Br2FN3. The quantitative estimate of drug-likeness (QED) is 0.662. The Bertz CT molecular complexity index is 770. The molecule has 1 heterocycles. The van der Waals surface area contributed by atoms with Gasteiger partial charge in [-0.1, -0.05) is 22.0 Å². The highest BCUT2D eigenvalue weighted by molar-refractivity contribution is 9.10. The maximum atomic E-state index is 13.1. The van der Waals surface area contributed by atoms with E-state index in [0.717, 1.165) is 21.1 Å². The van der Waals surface area contributed by atoms with E-state index in [1.165, 1.54) is 6.07 Å². The fraction of sp³-hybridized carbons (Fsp3) is 0.0714. The van der Waals surface area contributed by atoms with E-state index in [1.54, 1.807) is 12.1 Å². The molecule has 0 aliphatic heterocycles. The highest BCUT2D eigenvalue weighted by Gasteiger charge is 2.04. The molecular weight excluding hydrogens is 389 g/mol. The lowest BCUT2D eigenvalue weighted by Gasteiger charge is -2.04. The molecule has 2 N–H and O–H groups in total. The second kappa shape index (κ2) is 5.54. The highest BCUT2D eigenvalue weighted by atomic mass is 79.9. The van der Waals surface area contributed by atoms with Crippen molar-refractivity contribution in [1.82, 2.24) is 9.97 Å². The van der Waals surface area contributed by atoms with Gasteiger partial charge >= 0.3 is 0 Å². The first-order valence-corrected chi connectivity index (χ1v) is 7.53. The number of fused-ring (bicyclic) bond motifs is 1. The molecule has 0 spiro atoms. The van der Waals surface area contributed by atoms with Crippen LogP contribution in [0.3, 0.4) is 0 Å². The van der Waals surface area contributed by atoms with Crippen LogP contribution in [-0.2, 0) is 6.54 Å². The van der Waals surface area contributed by atoms with Crippen LogP contribution in [0.5, 0.6) is 0 Å². The first-order valence-electron chi connectivity index (χ1n) is 5.95. The third-order valence-corrected chi connectivity index (χ3v) is 3.99. The van der Waals surface area contributed by atoms with Gasteiger partial charge in [0.1, 0.15) is 5.82 Å². The predicted octanol–water partition coefficient (Wildman–Crippen LogP) is 4.84. The van der Waals surface area contributed by atoms with E-state index in [4.69, 9.17) is 0 Å². The molecule has 0 fully saturated rings. The Morgan fingerprint density at radius 1 is 1.15 bits per heavy atom. The Balaban J connectivity index is 1.77.